The molecular formula is C13H9Br2ClFN. The first kappa shape index (κ1) is 13.8. The van der Waals surface area contributed by atoms with Gasteiger partial charge in [-0.15, -0.1) is 0 Å². The molecule has 0 amide bonds. The molecule has 0 atom stereocenters. The minimum absolute atomic E-state index is 0.276. The van der Waals surface area contributed by atoms with Gasteiger partial charge in [-0.1, -0.05) is 33.6 Å². The first-order valence-corrected chi connectivity index (χ1v) is 7.15. The van der Waals surface area contributed by atoms with E-state index in [-0.39, 0.29) is 5.82 Å². The lowest BCUT2D eigenvalue weighted by Crippen LogP contribution is -2.00. The van der Waals surface area contributed by atoms with Crippen molar-refractivity contribution in [1.82, 2.24) is 0 Å². The molecule has 0 fully saturated rings. The minimum atomic E-state index is -0.276. The normalized spacial score (nSPS) is 10.4. The molecule has 18 heavy (non-hydrogen) atoms. The van der Waals surface area contributed by atoms with Crippen LogP contribution in [0.15, 0.2) is 45.3 Å². The van der Waals surface area contributed by atoms with Gasteiger partial charge in [-0.25, -0.2) is 4.39 Å². The number of nitrogens with one attached hydrogen (secondary N) is 1. The number of hydrogen-bond donors (Lipinski definition) is 1. The summed E-state index contributed by atoms with van der Waals surface area (Å²) in [6.07, 6.45) is 0. The summed E-state index contributed by atoms with van der Waals surface area (Å²) >= 11 is 12.6. The Labute approximate surface area is 127 Å². The summed E-state index contributed by atoms with van der Waals surface area (Å²) in [5, 5.41) is 3.89. The number of hydrogen-bond acceptors (Lipinski definition) is 1. The Morgan fingerprint density at radius 2 is 1.89 bits per heavy atom. The van der Waals surface area contributed by atoms with Gasteiger partial charge in [0.15, 0.2) is 0 Å². The van der Waals surface area contributed by atoms with Gasteiger partial charge in [0.25, 0.3) is 0 Å². The van der Waals surface area contributed by atoms with Crippen molar-refractivity contribution in [3.8, 4) is 0 Å². The zero-order valence-corrected chi connectivity index (χ0v) is 13.1. The molecule has 2 aromatic carbocycles. The average molecular weight is 393 g/mol. The van der Waals surface area contributed by atoms with Gasteiger partial charge in [0.1, 0.15) is 5.82 Å². The Balaban J connectivity index is 2.09. The van der Waals surface area contributed by atoms with Crippen LogP contribution in [0.1, 0.15) is 5.56 Å². The predicted molar refractivity (Wildman–Crippen MR) is 80.6 cm³/mol. The van der Waals surface area contributed by atoms with Crippen LogP contribution in [0, 0.1) is 5.82 Å². The maximum absolute atomic E-state index is 13.1. The summed E-state index contributed by atoms with van der Waals surface area (Å²) in [7, 11) is 0. The van der Waals surface area contributed by atoms with Gasteiger partial charge < -0.3 is 5.32 Å². The summed E-state index contributed by atoms with van der Waals surface area (Å²) in [5.74, 6) is -0.276. The first-order valence-electron chi connectivity index (χ1n) is 5.19. The maximum atomic E-state index is 13.1. The predicted octanol–water partition coefficient (Wildman–Crippen LogP) is 5.62. The highest BCUT2D eigenvalue weighted by molar-refractivity contribution is 9.10. The van der Waals surface area contributed by atoms with Crippen molar-refractivity contribution in [2.24, 2.45) is 0 Å². The van der Waals surface area contributed by atoms with Crippen molar-refractivity contribution < 1.29 is 4.39 Å². The summed E-state index contributed by atoms with van der Waals surface area (Å²) in [4.78, 5) is 0. The van der Waals surface area contributed by atoms with E-state index >= 15 is 0 Å². The van der Waals surface area contributed by atoms with Gasteiger partial charge in [-0.2, -0.15) is 0 Å². The number of rotatable bonds is 3. The van der Waals surface area contributed by atoms with Crippen molar-refractivity contribution in [2.45, 2.75) is 6.54 Å². The van der Waals surface area contributed by atoms with E-state index in [1.807, 2.05) is 18.2 Å². The minimum Gasteiger partial charge on any atom is -0.381 e. The van der Waals surface area contributed by atoms with Crippen molar-refractivity contribution in [3.63, 3.8) is 0 Å². The lowest BCUT2D eigenvalue weighted by molar-refractivity contribution is 0.621. The van der Waals surface area contributed by atoms with E-state index in [1.165, 1.54) is 6.07 Å². The largest absolute Gasteiger partial charge is 0.381 e. The molecule has 0 unspecified atom stereocenters. The quantitative estimate of drug-likeness (QED) is 0.714. The second-order valence-electron chi connectivity index (χ2n) is 3.72. The first-order chi connectivity index (χ1) is 8.56. The van der Waals surface area contributed by atoms with Gasteiger partial charge in [0, 0.05) is 21.7 Å². The molecule has 0 bridgehead atoms. The second-order valence-corrected chi connectivity index (χ2v) is 5.90. The van der Waals surface area contributed by atoms with E-state index in [0.29, 0.717) is 16.0 Å². The molecule has 1 N–H and O–H groups in total. The lowest BCUT2D eigenvalue weighted by atomic mass is 10.2. The zero-order valence-electron chi connectivity index (χ0n) is 9.18. The van der Waals surface area contributed by atoms with Crippen molar-refractivity contribution in [1.29, 1.82) is 0 Å². The molecule has 94 valence electrons. The van der Waals surface area contributed by atoms with E-state index in [0.717, 1.165) is 15.7 Å². The van der Waals surface area contributed by atoms with Crippen LogP contribution in [0.5, 0.6) is 0 Å². The molecule has 0 radical (unpaired) electrons. The van der Waals surface area contributed by atoms with Crippen molar-refractivity contribution in [2.75, 3.05) is 5.32 Å². The second kappa shape index (κ2) is 6.04. The van der Waals surface area contributed by atoms with E-state index in [4.69, 9.17) is 11.6 Å². The molecule has 2 aromatic rings. The molecule has 0 aliphatic heterocycles. The molecule has 0 aromatic heterocycles. The number of anilines is 1. The van der Waals surface area contributed by atoms with Gasteiger partial charge in [-0.05, 0) is 51.8 Å². The summed E-state index contributed by atoms with van der Waals surface area (Å²) < 4.78 is 14.5. The van der Waals surface area contributed by atoms with Gasteiger partial charge in [0.05, 0.1) is 4.47 Å². The van der Waals surface area contributed by atoms with E-state index in [2.05, 4.69) is 37.2 Å². The zero-order chi connectivity index (χ0) is 13.1. The van der Waals surface area contributed by atoms with Gasteiger partial charge in [-0.3, -0.25) is 0 Å². The van der Waals surface area contributed by atoms with E-state index in [1.54, 1.807) is 12.1 Å². The smallest absolute Gasteiger partial charge is 0.137 e. The van der Waals surface area contributed by atoms with Crippen molar-refractivity contribution >= 4 is 49.1 Å². The average Bonchev–Trinajstić information content (AvgIpc) is 2.32. The highest BCUT2D eigenvalue weighted by Gasteiger charge is 2.03. The Kier molecular flexibility index (Phi) is 4.65. The van der Waals surface area contributed by atoms with Crippen molar-refractivity contribution in [3.05, 3.63) is 61.7 Å². The topological polar surface area (TPSA) is 12.0 Å². The monoisotopic (exact) mass is 391 g/mol. The molecule has 5 heteroatoms. The number of halogens is 4. The Morgan fingerprint density at radius 3 is 2.56 bits per heavy atom. The van der Waals surface area contributed by atoms with Gasteiger partial charge in [0.2, 0.25) is 0 Å². The third-order valence-corrected chi connectivity index (χ3v) is 3.87. The molecule has 0 spiro atoms. The molecule has 1 nitrogen and oxygen atoms in total. The fraction of sp³-hybridized carbons (Fsp3) is 0.0769. The third-order valence-electron chi connectivity index (χ3n) is 2.42. The highest BCUT2D eigenvalue weighted by atomic mass is 79.9. The van der Waals surface area contributed by atoms with E-state index < -0.39 is 0 Å². The Hall–Kier alpha value is -0.580. The molecule has 0 saturated carbocycles. The van der Waals surface area contributed by atoms with Crippen LogP contribution in [-0.4, -0.2) is 0 Å². The fourth-order valence-corrected chi connectivity index (χ4v) is 2.59. The van der Waals surface area contributed by atoms with Crippen LogP contribution in [0.3, 0.4) is 0 Å². The summed E-state index contributed by atoms with van der Waals surface area (Å²) in [5.41, 5.74) is 1.82. The van der Waals surface area contributed by atoms with Gasteiger partial charge >= 0.3 is 0 Å². The Bertz CT molecular complexity index is 575. The van der Waals surface area contributed by atoms with E-state index in [9.17, 15) is 4.39 Å². The molecule has 2 rings (SSSR count). The Morgan fingerprint density at radius 1 is 1.11 bits per heavy atom. The molecule has 0 aliphatic rings. The fourth-order valence-electron chi connectivity index (χ4n) is 1.47. The molecule has 0 aliphatic carbocycles. The SMILES string of the molecule is Fc1ccc(NCc2ccc(Br)cc2Cl)cc1Br. The lowest BCUT2D eigenvalue weighted by Gasteiger charge is -2.09. The molecule has 0 saturated heterocycles. The number of benzene rings is 2. The standard InChI is InChI=1S/C13H9Br2ClFN/c14-9-2-1-8(12(16)5-9)7-18-10-3-4-13(17)11(15)6-10/h1-6,18H,7H2. The molecular weight excluding hydrogens is 384 g/mol. The summed E-state index contributed by atoms with van der Waals surface area (Å²) in [6.45, 7) is 0.587. The van der Waals surface area contributed by atoms with Crippen LogP contribution in [0.25, 0.3) is 0 Å². The van der Waals surface area contributed by atoms with Crippen LogP contribution < -0.4 is 5.32 Å². The van der Waals surface area contributed by atoms with Crippen LogP contribution in [0.2, 0.25) is 5.02 Å². The van der Waals surface area contributed by atoms with Crippen LogP contribution in [-0.2, 0) is 6.54 Å². The van der Waals surface area contributed by atoms with Crippen LogP contribution >= 0.6 is 43.5 Å². The third kappa shape index (κ3) is 3.46. The highest BCUT2D eigenvalue weighted by Crippen LogP contribution is 2.24. The van der Waals surface area contributed by atoms with Crippen LogP contribution in [0.4, 0.5) is 10.1 Å². The molecule has 0 heterocycles. The maximum Gasteiger partial charge on any atom is 0.137 e. The summed E-state index contributed by atoms with van der Waals surface area (Å²) in [6, 6.07) is 10.5.